The number of rotatable bonds is 12. The fraction of sp³-hybridized carbons (Fsp3) is 0.100. The van der Waals surface area contributed by atoms with Gasteiger partial charge in [0.25, 0.3) is 17.0 Å². The predicted molar refractivity (Wildman–Crippen MR) is 308 cm³/mol. The van der Waals surface area contributed by atoms with E-state index in [0.29, 0.717) is 38.4 Å². The number of imide groups is 1. The number of amides is 3. The van der Waals surface area contributed by atoms with E-state index in [1.54, 1.807) is 60.0 Å². The zero-order valence-electron chi connectivity index (χ0n) is 44.9. The van der Waals surface area contributed by atoms with Crippen LogP contribution in [0.2, 0.25) is 0 Å². The number of halogens is 9. The standard InChI is InChI=1S/C28H21FN2O2S.C27H14F6N2O5S.C5H6Cl2N2O2/c1-33-27-16-24(20-8-5-9-22(29)14-20)30-17-26(27)31-25-12-11-23(15-21(25)10-13-28(31)32)34-18-19-6-3-2-4-7-19;1-39-20-11-17(13-3-2-4-15(28)9-13)34-12-19(20)35-18-7-6-16(10-14(18)5-8-21(35)36)41(37,38)40-27-25(32)23(30)22(29)24(31)26(27)33;1-5(2)3(10)8(6)4(11)9(5)7/h2-17H,18H2,1H3;2-12H,1H3;1-2H3. The lowest BCUT2D eigenvalue weighted by Gasteiger charge is -2.18. The molecule has 1 aliphatic heterocycles. The van der Waals surface area contributed by atoms with Crippen molar-refractivity contribution in [1.82, 2.24) is 27.9 Å². The second-order valence-corrected chi connectivity index (χ2v) is 22.1. The fourth-order valence-corrected chi connectivity index (χ4v) is 10.9. The van der Waals surface area contributed by atoms with E-state index < -0.39 is 78.7 Å². The molecule has 1 saturated heterocycles. The van der Waals surface area contributed by atoms with Gasteiger partial charge < -0.3 is 13.7 Å². The Bertz CT molecular complexity index is 4540. The number of hydrogen-bond acceptors (Lipinski definition) is 12. The summed E-state index contributed by atoms with van der Waals surface area (Å²) >= 11 is 12.5. The molecule has 0 aliphatic carbocycles. The van der Waals surface area contributed by atoms with E-state index >= 15 is 0 Å². The van der Waals surface area contributed by atoms with Crippen molar-refractivity contribution in [3.63, 3.8) is 0 Å². The van der Waals surface area contributed by atoms with Gasteiger partial charge in [0.1, 0.15) is 44.9 Å². The van der Waals surface area contributed by atoms with Gasteiger partial charge >= 0.3 is 16.1 Å². The summed E-state index contributed by atoms with van der Waals surface area (Å²) in [4.78, 5) is 57.0. The third kappa shape index (κ3) is 12.5. The summed E-state index contributed by atoms with van der Waals surface area (Å²) < 4.78 is 141. The van der Waals surface area contributed by atoms with Crippen LogP contribution in [0, 0.1) is 40.7 Å². The Morgan fingerprint density at radius 2 is 1.05 bits per heavy atom. The maximum atomic E-state index is 14.0. The average molecular weight is 1260 g/mol. The van der Waals surface area contributed by atoms with Crippen molar-refractivity contribution >= 4 is 79.2 Å². The first kappa shape index (κ1) is 61.3. The molecule has 0 radical (unpaired) electrons. The summed E-state index contributed by atoms with van der Waals surface area (Å²) in [7, 11) is -2.26. The van der Waals surface area contributed by atoms with E-state index in [0.717, 1.165) is 54.8 Å². The molecule has 0 bridgehead atoms. The largest absolute Gasteiger partial charge is 0.494 e. The summed E-state index contributed by atoms with van der Waals surface area (Å²) in [6.45, 7) is 3.03. The Labute approximate surface area is 498 Å². The number of carbonyl (C=O) groups is 2. The Hall–Kier alpha value is -9.23. The van der Waals surface area contributed by atoms with Gasteiger partial charge in [-0.1, -0.05) is 54.6 Å². The number of urea groups is 1. The smallest absolute Gasteiger partial charge is 0.357 e. The number of benzene rings is 6. The van der Waals surface area contributed by atoms with Crippen LogP contribution in [0.1, 0.15) is 19.4 Å². The lowest BCUT2D eigenvalue weighted by atomic mass is 10.1. The zero-order chi connectivity index (χ0) is 61.9. The van der Waals surface area contributed by atoms with Crippen molar-refractivity contribution in [2.75, 3.05) is 14.2 Å². The van der Waals surface area contributed by atoms with E-state index in [2.05, 4.69) is 32.4 Å². The molecule has 10 aromatic rings. The minimum Gasteiger partial charge on any atom is -0.494 e. The number of nitrogens with zero attached hydrogens (tertiary/aromatic N) is 6. The molecule has 11 rings (SSSR count). The third-order valence-corrected chi connectivity index (χ3v) is 16.2. The predicted octanol–water partition coefficient (Wildman–Crippen LogP) is 13.5. The van der Waals surface area contributed by atoms with E-state index in [9.17, 15) is 58.3 Å². The van der Waals surface area contributed by atoms with E-state index in [1.807, 2.05) is 36.4 Å². The number of aromatic nitrogens is 4. The van der Waals surface area contributed by atoms with Crippen LogP contribution in [-0.2, 0) is 20.7 Å². The van der Waals surface area contributed by atoms with Gasteiger partial charge in [0.05, 0.1) is 49.0 Å². The minimum atomic E-state index is -5.13. The molecule has 4 aromatic heterocycles. The molecule has 15 nitrogen and oxygen atoms in total. The monoisotopic (exact) mass is 1260 g/mol. The Balaban J connectivity index is 0.000000176. The highest BCUT2D eigenvalue weighted by molar-refractivity contribution is 7.98. The van der Waals surface area contributed by atoms with Crippen molar-refractivity contribution in [3.8, 4) is 51.1 Å². The summed E-state index contributed by atoms with van der Waals surface area (Å²) in [5.41, 5.74) is 2.97. The van der Waals surface area contributed by atoms with Crippen molar-refractivity contribution in [3.05, 3.63) is 231 Å². The lowest BCUT2D eigenvalue weighted by molar-refractivity contribution is -0.127. The highest BCUT2D eigenvalue weighted by atomic mass is 35.5. The number of pyridine rings is 4. The quantitative estimate of drug-likeness (QED) is 0.0216. The van der Waals surface area contributed by atoms with Gasteiger partial charge in [0.2, 0.25) is 34.8 Å². The number of hydrogen-bond donors (Lipinski definition) is 0. The number of thioether (sulfide) groups is 1. The van der Waals surface area contributed by atoms with Crippen LogP contribution >= 0.6 is 35.3 Å². The first-order chi connectivity index (χ1) is 40.9. The van der Waals surface area contributed by atoms with Crippen LogP contribution in [-0.4, -0.2) is 68.1 Å². The molecule has 26 heteroatoms. The number of fused-ring (bicyclic) bond motifs is 2. The SMILES string of the molecule is CC1(C)C(=O)N(Cl)C(=O)N1Cl.COc1cc(-c2cccc(F)c2)ncc1-n1c(=O)ccc2cc(S(=O)(=O)Oc3c(F)c(F)c(F)c(F)c3F)ccc21.COc1cc(-c2cccc(F)c2)ncc1-n1c(=O)ccc2cc(SCc3ccccc3)ccc21. The van der Waals surface area contributed by atoms with Crippen LogP contribution in [0.5, 0.6) is 17.2 Å². The normalized spacial score (nSPS) is 12.8. The summed E-state index contributed by atoms with van der Waals surface area (Å²) in [6, 6.07) is 39.4. The minimum absolute atomic E-state index is 0.1000. The van der Waals surface area contributed by atoms with Crippen LogP contribution in [0.25, 0.3) is 55.7 Å². The molecular weight excluding hydrogens is 1220 g/mol. The van der Waals surface area contributed by atoms with Gasteiger partial charge in [-0.2, -0.15) is 21.6 Å². The molecule has 1 fully saturated rings. The molecule has 3 amide bonds. The Morgan fingerprint density at radius 3 is 1.50 bits per heavy atom. The molecule has 0 N–H and O–H groups in total. The molecule has 5 heterocycles. The van der Waals surface area contributed by atoms with Gasteiger partial charge in [-0.25, -0.2) is 31.2 Å². The van der Waals surface area contributed by atoms with Gasteiger partial charge in [0, 0.05) is 75.0 Å². The maximum absolute atomic E-state index is 14.0. The first-order valence-corrected chi connectivity index (χ1v) is 28.1. The second kappa shape index (κ2) is 25.2. The van der Waals surface area contributed by atoms with Crippen molar-refractivity contribution < 1.29 is 62.4 Å². The molecule has 6 aromatic carbocycles. The molecular formula is C60H41Cl2F7N6O9S2. The van der Waals surface area contributed by atoms with E-state index in [1.165, 1.54) is 75.2 Å². The lowest BCUT2D eigenvalue weighted by Crippen LogP contribution is -2.38. The second-order valence-electron chi connectivity index (χ2n) is 18.9. The molecule has 86 heavy (non-hydrogen) atoms. The molecule has 0 spiro atoms. The Kier molecular flexibility index (Phi) is 17.9. The first-order valence-electron chi connectivity index (χ1n) is 25.0. The van der Waals surface area contributed by atoms with Gasteiger partial charge in [-0.15, -0.1) is 11.8 Å². The highest BCUT2D eigenvalue weighted by Gasteiger charge is 2.51. The van der Waals surface area contributed by atoms with Crippen LogP contribution < -0.4 is 24.8 Å². The van der Waals surface area contributed by atoms with Gasteiger partial charge in [0.15, 0.2) is 0 Å². The zero-order valence-corrected chi connectivity index (χ0v) is 48.0. The highest BCUT2D eigenvalue weighted by Crippen LogP contribution is 2.36. The van der Waals surface area contributed by atoms with Crippen LogP contribution in [0.4, 0.5) is 35.5 Å². The third-order valence-electron chi connectivity index (χ3n) is 13.0. The van der Waals surface area contributed by atoms with Crippen LogP contribution in [0.15, 0.2) is 183 Å². The van der Waals surface area contributed by atoms with Crippen molar-refractivity contribution in [1.29, 1.82) is 0 Å². The topological polar surface area (TPSA) is 172 Å². The summed E-state index contributed by atoms with van der Waals surface area (Å²) in [5.74, 6) is -14.0. The van der Waals surface area contributed by atoms with Gasteiger partial charge in [-0.05, 0) is 97.6 Å². The average Bonchev–Trinajstić information content (AvgIpc) is 3.02. The van der Waals surface area contributed by atoms with Crippen molar-refractivity contribution in [2.24, 2.45) is 0 Å². The molecule has 1 aliphatic rings. The number of methoxy groups -OCH3 is 2. The van der Waals surface area contributed by atoms with E-state index in [-0.39, 0.29) is 33.7 Å². The molecule has 0 saturated carbocycles. The fourth-order valence-electron chi connectivity index (χ4n) is 8.61. The van der Waals surface area contributed by atoms with Crippen LogP contribution in [0.3, 0.4) is 0 Å². The summed E-state index contributed by atoms with van der Waals surface area (Å²) in [5, 5.41) is 1.04. The maximum Gasteiger partial charge on any atom is 0.357 e. The van der Waals surface area contributed by atoms with Gasteiger partial charge in [-0.3, -0.25) is 33.5 Å². The number of ether oxygens (including phenoxy) is 2. The van der Waals surface area contributed by atoms with E-state index in [4.69, 9.17) is 33.0 Å². The van der Waals surface area contributed by atoms with Crippen molar-refractivity contribution in [2.45, 2.75) is 34.9 Å². The Morgan fingerprint density at radius 1 is 0.558 bits per heavy atom. The number of carbonyl (C=O) groups excluding carboxylic acids is 2. The molecule has 0 atom stereocenters. The molecule has 440 valence electrons. The molecule has 0 unspecified atom stereocenters. The summed E-state index contributed by atoms with van der Waals surface area (Å²) in [6.07, 6.45) is 2.88.